The second kappa shape index (κ2) is 4.91. The molecule has 78 valence electrons. The molecular weight excluding hydrogens is 178 g/mol. The summed E-state index contributed by atoms with van der Waals surface area (Å²) in [5.41, 5.74) is 0. The van der Waals surface area contributed by atoms with Crippen LogP contribution in [0.25, 0.3) is 0 Å². The van der Waals surface area contributed by atoms with Crippen LogP contribution in [0, 0.1) is 0 Å². The third-order valence-corrected chi connectivity index (χ3v) is 1.99. The highest BCUT2D eigenvalue weighted by atomic mass is 16.3. The van der Waals surface area contributed by atoms with Gasteiger partial charge in [-0.05, 0) is 20.3 Å². The maximum absolute atomic E-state index is 9.57. The van der Waals surface area contributed by atoms with Gasteiger partial charge < -0.3 is 5.11 Å². The normalized spacial score (nSPS) is 13.1. The molecule has 0 amide bonds. The van der Waals surface area contributed by atoms with E-state index in [-0.39, 0.29) is 6.04 Å². The van der Waals surface area contributed by atoms with Gasteiger partial charge >= 0.3 is 0 Å². The van der Waals surface area contributed by atoms with Crippen molar-refractivity contribution < 1.29 is 5.11 Å². The summed E-state index contributed by atoms with van der Waals surface area (Å²) in [6, 6.07) is 0.281. The number of hydrogen-bond acceptors (Lipinski definition) is 3. The molecule has 0 aliphatic carbocycles. The van der Waals surface area contributed by atoms with E-state index >= 15 is 0 Å². The number of aliphatic hydroxyl groups excluding tert-OH is 1. The van der Waals surface area contributed by atoms with Crippen molar-refractivity contribution in [1.82, 2.24) is 14.8 Å². The molecule has 1 N–H and O–H groups in total. The van der Waals surface area contributed by atoms with Crippen LogP contribution in [-0.4, -0.2) is 26.0 Å². The van der Waals surface area contributed by atoms with E-state index in [1.54, 1.807) is 6.08 Å². The van der Waals surface area contributed by atoms with Gasteiger partial charge in [0.05, 0.1) is 6.10 Å². The molecule has 0 saturated carbocycles. The highest BCUT2D eigenvalue weighted by molar-refractivity contribution is 4.90. The molecule has 0 saturated heterocycles. The van der Waals surface area contributed by atoms with Crippen molar-refractivity contribution in [3.63, 3.8) is 0 Å². The molecule has 0 radical (unpaired) electrons. The van der Waals surface area contributed by atoms with Crippen molar-refractivity contribution in [1.29, 1.82) is 0 Å². The smallest absolute Gasteiger partial charge is 0.138 e. The average Bonchev–Trinajstić information content (AvgIpc) is 2.52. The van der Waals surface area contributed by atoms with Crippen LogP contribution in [0.15, 0.2) is 19.0 Å². The molecule has 1 aromatic rings. The first-order valence-corrected chi connectivity index (χ1v) is 4.82. The van der Waals surface area contributed by atoms with Crippen LogP contribution in [0.3, 0.4) is 0 Å². The Kier molecular flexibility index (Phi) is 3.83. The molecule has 4 heteroatoms. The summed E-state index contributed by atoms with van der Waals surface area (Å²) >= 11 is 0. The van der Waals surface area contributed by atoms with E-state index < -0.39 is 6.10 Å². The van der Waals surface area contributed by atoms with Crippen molar-refractivity contribution in [2.45, 2.75) is 38.8 Å². The number of hydrogen-bond donors (Lipinski definition) is 1. The fourth-order valence-corrected chi connectivity index (χ4v) is 1.34. The van der Waals surface area contributed by atoms with Crippen molar-refractivity contribution in [3.8, 4) is 0 Å². The van der Waals surface area contributed by atoms with Gasteiger partial charge in [0.1, 0.15) is 12.2 Å². The Morgan fingerprint density at radius 1 is 1.64 bits per heavy atom. The van der Waals surface area contributed by atoms with Crippen LogP contribution in [-0.2, 0) is 6.42 Å². The summed E-state index contributed by atoms with van der Waals surface area (Å²) in [7, 11) is 0. The van der Waals surface area contributed by atoms with Crippen molar-refractivity contribution in [2.24, 2.45) is 0 Å². The van der Waals surface area contributed by atoms with E-state index in [1.165, 1.54) is 6.33 Å². The fraction of sp³-hybridized carbons (Fsp3) is 0.600. The van der Waals surface area contributed by atoms with Gasteiger partial charge in [-0.25, -0.2) is 9.67 Å². The number of aliphatic hydroxyl groups is 1. The lowest BCUT2D eigenvalue weighted by molar-refractivity contribution is 0.173. The molecule has 0 aliphatic rings. The highest BCUT2D eigenvalue weighted by Crippen LogP contribution is 2.08. The Bertz CT molecular complexity index is 293. The molecule has 1 heterocycles. The van der Waals surface area contributed by atoms with Gasteiger partial charge in [0.2, 0.25) is 0 Å². The van der Waals surface area contributed by atoms with Crippen LogP contribution in [0.4, 0.5) is 0 Å². The van der Waals surface area contributed by atoms with E-state index in [0.717, 1.165) is 5.82 Å². The van der Waals surface area contributed by atoms with E-state index in [0.29, 0.717) is 12.8 Å². The SMILES string of the molecule is C=CCC(O)Cc1ncnn1C(C)C. The lowest BCUT2D eigenvalue weighted by Crippen LogP contribution is -2.16. The third-order valence-electron chi connectivity index (χ3n) is 1.99. The van der Waals surface area contributed by atoms with E-state index in [1.807, 2.05) is 18.5 Å². The first-order valence-electron chi connectivity index (χ1n) is 4.82. The van der Waals surface area contributed by atoms with Crippen LogP contribution in [0.2, 0.25) is 0 Å². The standard InChI is InChI=1S/C10H17N3O/c1-4-5-9(14)6-10-11-7-12-13(10)8(2)3/h4,7-9,14H,1,5-6H2,2-3H3. The predicted molar refractivity (Wildman–Crippen MR) is 54.9 cm³/mol. The van der Waals surface area contributed by atoms with Crippen molar-refractivity contribution >= 4 is 0 Å². The Morgan fingerprint density at radius 3 is 2.93 bits per heavy atom. The number of aromatic nitrogens is 3. The van der Waals surface area contributed by atoms with Crippen LogP contribution >= 0.6 is 0 Å². The average molecular weight is 195 g/mol. The van der Waals surface area contributed by atoms with Gasteiger partial charge in [-0.15, -0.1) is 6.58 Å². The predicted octanol–water partition coefficient (Wildman–Crippen LogP) is 1.34. The van der Waals surface area contributed by atoms with Gasteiger partial charge in [0, 0.05) is 12.5 Å². The molecule has 1 atom stereocenters. The largest absolute Gasteiger partial charge is 0.392 e. The van der Waals surface area contributed by atoms with E-state index in [4.69, 9.17) is 0 Å². The fourth-order valence-electron chi connectivity index (χ4n) is 1.34. The minimum absolute atomic E-state index is 0.281. The first-order chi connectivity index (χ1) is 6.65. The topological polar surface area (TPSA) is 50.9 Å². The lowest BCUT2D eigenvalue weighted by Gasteiger charge is -2.11. The molecule has 0 spiro atoms. The summed E-state index contributed by atoms with van der Waals surface area (Å²) in [5.74, 6) is 0.828. The van der Waals surface area contributed by atoms with Crippen LogP contribution in [0.5, 0.6) is 0 Å². The summed E-state index contributed by atoms with van der Waals surface area (Å²) in [4.78, 5) is 4.12. The van der Waals surface area contributed by atoms with Crippen molar-refractivity contribution in [2.75, 3.05) is 0 Å². The molecule has 0 aromatic carbocycles. The molecule has 1 aromatic heterocycles. The minimum Gasteiger partial charge on any atom is -0.392 e. The molecule has 4 nitrogen and oxygen atoms in total. The zero-order valence-corrected chi connectivity index (χ0v) is 8.72. The lowest BCUT2D eigenvalue weighted by atomic mass is 10.2. The maximum atomic E-state index is 9.57. The monoisotopic (exact) mass is 195 g/mol. The second-order valence-electron chi connectivity index (χ2n) is 3.60. The molecule has 14 heavy (non-hydrogen) atoms. The summed E-state index contributed by atoms with van der Waals surface area (Å²) in [6.45, 7) is 7.66. The Hall–Kier alpha value is -1.16. The van der Waals surface area contributed by atoms with E-state index in [2.05, 4.69) is 16.7 Å². The van der Waals surface area contributed by atoms with Gasteiger partial charge in [-0.1, -0.05) is 6.08 Å². The Balaban J connectivity index is 2.66. The Morgan fingerprint density at radius 2 is 2.36 bits per heavy atom. The zero-order valence-electron chi connectivity index (χ0n) is 8.72. The molecule has 1 rings (SSSR count). The second-order valence-corrected chi connectivity index (χ2v) is 3.60. The van der Waals surface area contributed by atoms with Crippen molar-refractivity contribution in [3.05, 3.63) is 24.8 Å². The number of nitrogens with zero attached hydrogens (tertiary/aromatic N) is 3. The minimum atomic E-state index is -0.408. The summed E-state index contributed by atoms with van der Waals surface area (Å²) in [6.07, 6.45) is 3.94. The summed E-state index contributed by atoms with van der Waals surface area (Å²) in [5, 5.41) is 13.7. The van der Waals surface area contributed by atoms with Gasteiger partial charge in [-0.2, -0.15) is 5.10 Å². The molecule has 0 bridgehead atoms. The van der Waals surface area contributed by atoms with E-state index in [9.17, 15) is 5.11 Å². The van der Waals surface area contributed by atoms with Crippen LogP contribution < -0.4 is 0 Å². The Labute approximate surface area is 84.3 Å². The zero-order chi connectivity index (χ0) is 10.6. The molecule has 1 unspecified atom stereocenters. The third kappa shape index (κ3) is 2.67. The van der Waals surface area contributed by atoms with Gasteiger partial charge in [0.25, 0.3) is 0 Å². The maximum Gasteiger partial charge on any atom is 0.138 e. The summed E-state index contributed by atoms with van der Waals surface area (Å²) < 4.78 is 1.83. The number of rotatable bonds is 5. The van der Waals surface area contributed by atoms with Crippen LogP contribution in [0.1, 0.15) is 32.1 Å². The first kappa shape index (κ1) is 10.9. The molecule has 0 aliphatic heterocycles. The highest BCUT2D eigenvalue weighted by Gasteiger charge is 2.11. The van der Waals surface area contributed by atoms with Gasteiger partial charge in [-0.3, -0.25) is 0 Å². The van der Waals surface area contributed by atoms with Gasteiger partial charge in [0.15, 0.2) is 0 Å². The molecular formula is C10H17N3O. The quantitative estimate of drug-likeness (QED) is 0.721. The molecule has 0 fully saturated rings.